The second kappa shape index (κ2) is 6.39. The molecule has 2 aromatic heterocycles. The number of aromatic nitrogens is 4. The molecule has 1 amide bonds. The number of hydrogen-bond donors (Lipinski definition) is 2. The molecule has 0 bridgehead atoms. The van der Waals surface area contributed by atoms with Crippen molar-refractivity contribution in [1.82, 2.24) is 19.1 Å². The Morgan fingerprint density at radius 1 is 1.24 bits per heavy atom. The molecule has 0 spiro atoms. The normalized spacial score (nSPS) is 11.2. The van der Waals surface area contributed by atoms with Crippen LogP contribution < -0.4 is 16.6 Å². The Bertz CT molecular complexity index is 1040. The largest absolute Gasteiger partial charge is 0.329 e. The van der Waals surface area contributed by atoms with Crippen LogP contribution in [0, 0.1) is 0 Å². The number of hydrogen-bond acceptors (Lipinski definition) is 4. The van der Waals surface area contributed by atoms with Gasteiger partial charge >= 0.3 is 5.69 Å². The van der Waals surface area contributed by atoms with Crippen LogP contribution in [-0.4, -0.2) is 25.0 Å². The minimum Gasteiger partial charge on any atom is -0.325 e. The second-order valence-electron chi connectivity index (χ2n) is 6.19. The van der Waals surface area contributed by atoms with Crippen LogP contribution in [0.2, 0.25) is 0 Å². The van der Waals surface area contributed by atoms with E-state index in [4.69, 9.17) is 0 Å². The lowest BCUT2D eigenvalue weighted by atomic mass is 10.0. The maximum absolute atomic E-state index is 12.3. The van der Waals surface area contributed by atoms with Gasteiger partial charge in [0.1, 0.15) is 6.54 Å². The van der Waals surface area contributed by atoms with Gasteiger partial charge in [-0.2, -0.15) is 0 Å². The maximum atomic E-state index is 12.3. The zero-order chi connectivity index (χ0) is 18.1. The summed E-state index contributed by atoms with van der Waals surface area (Å²) < 4.78 is 2.37. The van der Waals surface area contributed by atoms with Gasteiger partial charge in [-0.1, -0.05) is 26.0 Å². The van der Waals surface area contributed by atoms with Crippen molar-refractivity contribution >= 4 is 22.8 Å². The number of imidazole rings is 1. The molecule has 0 aliphatic rings. The predicted molar refractivity (Wildman–Crippen MR) is 94.8 cm³/mol. The number of rotatable bonds is 4. The Labute approximate surface area is 143 Å². The Morgan fingerprint density at radius 2 is 1.92 bits per heavy atom. The molecule has 0 fully saturated rings. The summed E-state index contributed by atoms with van der Waals surface area (Å²) in [6, 6.07) is 7.62. The van der Waals surface area contributed by atoms with E-state index in [1.54, 1.807) is 0 Å². The lowest BCUT2D eigenvalue weighted by Crippen LogP contribution is -2.33. The molecule has 0 unspecified atom stereocenters. The van der Waals surface area contributed by atoms with Gasteiger partial charge in [0.2, 0.25) is 5.91 Å². The molecule has 2 N–H and O–H groups in total. The molecule has 0 saturated heterocycles. The summed E-state index contributed by atoms with van der Waals surface area (Å²) in [5, 5.41) is 2.79. The van der Waals surface area contributed by atoms with Crippen LogP contribution in [0.1, 0.15) is 25.3 Å². The van der Waals surface area contributed by atoms with Gasteiger partial charge in [0.25, 0.3) is 5.56 Å². The van der Waals surface area contributed by atoms with E-state index in [0.29, 0.717) is 11.6 Å². The third-order valence-electron chi connectivity index (χ3n) is 4.05. The fraction of sp³-hybridized carbons (Fsp3) is 0.294. The van der Waals surface area contributed by atoms with E-state index in [-0.39, 0.29) is 23.6 Å². The average Bonchev–Trinajstić information content (AvgIpc) is 2.95. The number of nitrogens with zero attached hydrogens (tertiary/aromatic N) is 3. The SMILES string of the molecule is CC(C)c1ccc(NC(=O)Cn2cnc3[nH]c(=O)n(C)c(=O)c32)cc1. The van der Waals surface area contributed by atoms with Gasteiger partial charge < -0.3 is 9.88 Å². The quantitative estimate of drug-likeness (QED) is 0.744. The minimum atomic E-state index is -0.544. The first kappa shape index (κ1) is 16.7. The summed E-state index contributed by atoms with van der Waals surface area (Å²) in [5.74, 6) is 0.130. The van der Waals surface area contributed by atoms with Gasteiger partial charge in [-0.15, -0.1) is 0 Å². The molecule has 8 heteroatoms. The fourth-order valence-electron chi connectivity index (χ4n) is 2.56. The topological polar surface area (TPSA) is 102 Å². The summed E-state index contributed by atoms with van der Waals surface area (Å²) in [6.07, 6.45) is 1.36. The van der Waals surface area contributed by atoms with Gasteiger partial charge in [0, 0.05) is 12.7 Å². The molecule has 8 nitrogen and oxygen atoms in total. The number of benzene rings is 1. The molecule has 130 valence electrons. The van der Waals surface area contributed by atoms with Crippen molar-refractivity contribution in [2.75, 3.05) is 5.32 Å². The van der Waals surface area contributed by atoms with Crippen molar-refractivity contribution in [3.8, 4) is 0 Å². The first-order valence-corrected chi connectivity index (χ1v) is 7.90. The van der Waals surface area contributed by atoms with Crippen LogP contribution in [0.4, 0.5) is 5.69 Å². The Morgan fingerprint density at radius 3 is 2.56 bits per heavy atom. The predicted octanol–water partition coefficient (Wildman–Crippen LogP) is 1.19. The second-order valence-corrected chi connectivity index (χ2v) is 6.19. The van der Waals surface area contributed by atoms with Crippen molar-refractivity contribution < 1.29 is 4.79 Å². The van der Waals surface area contributed by atoms with E-state index in [1.165, 1.54) is 23.5 Å². The van der Waals surface area contributed by atoms with Gasteiger partial charge in [0.15, 0.2) is 11.2 Å². The molecule has 2 heterocycles. The Balaban J connectivity index is 1.82. The number of amides is 1. The summed E-state index contributed by atoms with van der Waals surface area (Å²) in [7, 11) is 1.37. The van der Waals surface area contributed by atoms with Gasteiger partial charge in [-0.05, 0) is 23.6 Å². The van der Waals surface area contributed by atoms with Crippen molar-refractivity contribution in [3.63, 3.8) is 0 Å². The number of carbonyl (C=O) groups excluding carboxylic acids is 1. The van der Waals surface area contributed by atoms with Gasteiger partial charge in [-0.25, -0.2) is 9.78 Å². The molecule has 0 saturated carbocycles. The Hall–Kier alpha value is -3.16. The van der Waals surface area contributed by atoms with Crippen LogP contribution >= 0.6 is 0 Å². The monoisotopic (exact) mass is 341 g/mol. The molecule has 3 rings (SSSR count). The number of nitrogens with one attached hydrogen (secondary N) is 2. The summed E-state index contributed by atoms with van der Waals surface area (Å²) in [6.45, 7) is 4.12. The number of aromatic amines is 1. The lowest BCUT2D eigenvalue weighted by molar-refractivity contribution is -0.116. The Kier molecular flexibility index (Phi) is 4.26. The highest BCUT2D eigenvalue weighted by Gasteiger charge is 2.13. The van der Waals surface area contributed by atoms with Crippen molar-refractivity contribution in [2.24, 2.45) is 7.05 Å². The van der Waals surface area contributed by atoms with Crippen molar-refractivity contribution in [3.05, 3.63) is 57.0 Å². The molecule has 1 aromatic carbocycles. The fourth-order valence-corrected chi connectivity index (χ4v) is 2.56. The first-order chi connectivity index (χ1) is 11.9. The third-order valence-corrected chi connectivity index (χ3v) is 4.05. The van der Waals surface area contributed by atoms with Crippen molar-refractivity contribution in [1.29, 1.82) is 0 Å². The molecule has 0 atom stereocenters. The highest BCUT2D eigenvalue weighted by molar-refractivity contribution is 5.91. The average molecular weight is 341 g/mol. The molecule has 0 radical (unpaired) electrons. The van der Waals surface area contributed by atoms with Gasteiger partial charge in [-0.3, -0.25) is 19.1 Å². The van der Waals surface area contributed by atoms with Crippen LogP contribution in [0.5, 0.6) is 0 Å². The van der Waals surface area contributed by atoms with Crippen LogP contribution in [-0.2, 0) is 18.4 Å². The minimum absolute atomic E-state index is 0.0796. The zero-order valence-electron chi connectivity index (χ0n) is 14.2. The summed E-state index contributed by atoms with van der Waals surface area (Å²) >= 11 is 0. The highest BCUT2D eigenvalue weighted by Crippen LogP contribution is 2.17. The van der Waals surface area contributed by atoms with E-state index in [0.717, 1.165) is 4.57 Å². The number of anilines is 1. The molecular weight excluding hydrogens is 322 g/mol. The number of carbonyl (C=O) groups is 1. The van der Waals surface area contributed by atoms with E-state index >= 15 is 0 Å². The standard InChI is InChI=1S/C17H19N5O3/c1-10(2)11-4-6-12(7-5-11)19-13(23)8-22-9-18-15-14(22)16(24)21(3)17(25)20-15/h4-7,9-10H,8H2,1-3H3,(H,19,23)(H,20,25). The number of fused-ring (bicyclic) bond motifs is 1. The number of H-pyrrole nitrogens is 1. The van der Waals surface area contributed by atoms with Crippen LogP contribution in [0.3, 0.4) is 0 Å². The molecule has 25 heavy (non-hydrogen) atoms. The summed E-state index contributed by atoms with van der Waals surface area (Å²) in [4.78, 5) is 42.6. The highest BCUT2D eigenvalue weighted by atomic mass is 16.2. The van der Waals surface area contributed by atoms with Gasteiger partial charge in [0.05, 0.1) is 6.33 Å². The smallest absolute Gasteiger partial charge is 0.325 e. The first-order valence-electron chi connectivity index (χ1n) is 7.90. The van der Waals surface area contributed by atoms with E-state index in [1.807, 2.05) is 24.3 Å². The van der Waals surface area contributed by atoms with E-state index in [9.17, 15) is 14.4 Å². The van der Waals surface area contributed by atoms with Crippen LogP contribution in [0.25, 0.3) is 11.2 Å². The molecular formula is C17H19N5O3. The van der Waals surface area contributed by atoms with E-state index < -0.39 is 11.2 Å². The third kappa shape index (κ3) is 3.23. The van der Waals surface area contributed by atoms with E-state index in [2.05, 4.69) is 29.1 Å². The maximum Gasteiger partial charge on any atom is 0.329 e. The van der Waals surface area contributed by atoms with Crippen LogP contribution in [0.15, 0.2) is 40.2 Å². The lowest BCUT2D eigenvalue weighted by Gasteiger charge is -2.09. The molecule has 3 aromatic rings. The van der Waals surface area contributed by atoms with Crippen molar-refractivity contribution in [2.45, 2.75) is 26.3 Å². The molecule has 0 aliphatic heterocycles. The zero-order valence-corrected chi connectivity index (χ0v) is 14.2. The summed E-state index contributed by atoms with van der Waals surface area (Å²) in [5.41, 5.74) is 1.18. The molecule has 0 aliphatic carbocycles.